The Morgan fingerprint density at radius 1 is 1.46 bits per heavy atom. The Kier molecular flexibility index (Phi) is 1.48. The molecule has 3 nitrogen and oxygen atoms in total. The number of ether oxygens (including phenoxy) is 1. The zero-order chi connectivity index (χ0) is 9.00. The molecule has 2 saturated carbocycles. The second-order valence-corrected chi connectivity index (χ2v) is 4.58. The molecule has 0 radical (unpaired) electrons. The van der Waals surface area contributed by atoms with E-state index >= 15 is 0 Å². The van der Waals surface area contributed by atoms with Crippen LogP contribution in [-0.4, -0.2) is 23.8 Å². The molecule has 2 aliphatic carbocycles. The predicted molar refractivity (Wildman–Crippen MR) is 44.8 cm³/mol. The molecule has 1 N–H and O–H groups in total. The zero-order valence-corrected chi connectivity index (χ0v) is 7.48. The number of hydrogen-bond donors (Lipinski definition) is 1. The van der Waals surface area contributed by atoms with E-state index in [1.165, 1.54) is 0 Å². The minimum atomic E-state index is -0.00403. The third-order valence-electron chi connectivity index (χ3n) is 4.14. The standard InChI is InChI=1S/C10H14O3/c11-4-5-3-7-9-6(5)1-2-8(9)13-10(7)12/h5-9,11H,1-4H2. The molecule has 1 aliphatic heterocycles. The summed E-state index contributed by atoms with van der Waals surface area (Å²) in [5.41, 5.74) is 0. The van der Waals surface area contributed by atoms with Crippen LogP contribution in [0.1, 0.15) is 19.3 Å². The lowest BCUT2D eigenvalue weighted by atomic mass is 9.91. The van der Waals surface area contributed by atoms with Gasteiger partial charge in [0.1, 0.15) is 6.10 Å². The van der Waals surface area contributed by atoms with Crippen LogP contribution in [0.5, 0.6) is 0 Å². The summed E-state index contributed by atoms with van der Waals surface area (Å²) < 4.78 is 5.29. The van der Waals surface area contributed by atoms with Crippen molar-refractivity contribution in [2.75, 3.05) is 6.61 Å². The number of esters is 1. The van der Waals surface area contributed by atoms with Crippen molar-refractivity contribution >= 4 is 5.97 Å². The Bertz CT molecular complexity index is 251. The summed E-state index contributed by atoms with van der Waals surface area (Å²) in [6.07, 6.45) is 3.22. The lowest BCUT2D eigenvalue weighted by Crippen LogP contribution is -2.17. The number of hydrogen-bond acceptors (Lipinski definition) is 3. The second-order valence-electron chi connectivity index (χ2n) is 4.58. The number of aliphatic hydroxyl groups is 1. The average Bonchev–Trinajstić information content (AvgIpc) is 2.70. The fourth-order valence-corrected chi connectivity index (χ4v) is 3.62. The van der Waals surface area contributed by atoms with Crippen molar-refractivity contribution in [3.63, 3.8) is 0 Å². The normalized spacial score (nSPS) is 52.4. The van der Waals surface area contributed by atoms with E-state index in [2.05, 4.69) is 0 Å². The Hall–Kier alpha value is -0.570. The number of carbonyl (C=O) groups excluding carboxylic acids is 1. The van der Waals surface area contributed by atoms with Crippen molar-refractivity contribution < 1.29 is 14.6 Å². The molecule has 0 aromatic heterocycles. The smallest absolute Gasteiger partial charge is 0.309 e. The van der Waals surface area contributed by atoms with Gasteiger partial charge in [-0.1, -0.05) is 0 Å². The Labute approximate surface area is 77.1 Å². The molecule has 0 aromatic carbocycles. The van der Waals surface area contributed by atoms with Crippen LogP contribution in [0.25, 0.3) is 0 Å². The molecule has 3 fully saturated rings. The molecule has 0 amide bonds. The third-order valence-corrected chi connectivity index (χ3v) is 4.14. The largest absolute Gasteiger partial charge is 0.462 e. The maximum atomic E-state index is 11.4. The van der Waals surface area contributed by atoms with Crippen molar-refractivity contribution in [1.29, 1.82) is 0 Å². The molecule has 0 aromatic rings. The first kappa shape index (κ1) is 7.80. The molecule has 1 saturated heterocycles. The minimum Gasteiger partial charge on any atom is -0.462 e. The lowest BCUT2D eigenvalue weighted by Gasteiger charge is -2.15. The molecule has 5 atom stereocenters. The first-order valence-electron chi connectivity index (χ1n) is 5.12. The van der Waals surface area contributed by atoms with Crippen LogP contribution in [0.2, 0.25) is 0 Å². The molecular weight excluding hydrogens is 168 g/mol. The molecule has 13 heavy (non-hydrogen) atoms. The van der Waals surface area contributed by atoms with E-state index in [9.17, 15) is 9.90 Å². The Morgan fingerprint density at radius 3 is 3.08 bits per heavy atom. The molecule has 3 aliphatic rings. The van der Waals surface area contributed by atoms with Crippen LogP contribution < -0.4 is 0 Å². The maximum absolute atomic E-state index is 11.4. The van der Waals surface area contributed by atoms with E-state index in [-0.39, 0.29) is 24.6 Å². The van der Waals surface area contributed by atoms with E-state index < -0.39 is 0 Å². The summed E-state index contributed by atoms with van der Waals surface area (Å²) in [5, 5.41) is 9.18. The van der Waals surface area contributed by atoms with Gasteiger partial charge in [0.2, 0.25) is 0 Å². The van der Waals surface area contributed by atoms with Crippen LogP contribution in [0, 0.1) is 23.7 Å². The molecule has 5 unspecified atom stereocenters. The van der Waals surface area contributed by atoms with Crippen molar-refractivity contribution in [1.82, 2.24) is 0 Å². The van der Waals surface area contributed by atoms with Crippen LogP contribution in [0.4, 0.5) is 0 Å². The second kappa shape index (κ2) is 2.47. The highest BCUT2D eigenvalue weighted by Gasteiger charge is 2.58. The van der Waals surface area contributed by atoms with Crippen LogP contribution >= 0.6 is 0 Å². The Balaban J connectivity index is 1.92. The summed E-state index contributed by atoms with van der Waals surface area (Å²) in [7, 11) is 0. The van der Waals surface area contributed by atoms with Gasteiger partial charge >= 0.3 is 5.97 Å². The SMILES string of the molecule is O=C1OC2CCC3C(CO)CC1C23. The molecular formula is C10H14O3. The summed E-state index contributed by atoms with van der Waals surface area (Å²) in [4.78, 5) is 11.4. The molecule has 72 valence electrons. The number of carbonyl (C=O) groups is 1. The summed E-state index contributed by atoms with van der Waals surface area (Å²) in [6.45, 7) is 0.248. The van der Waals surface area contributed by atoms with Gasteiger partial charge in [0, 0.05) is 12.5 Å². The van der Waals surface area contributed by atoms with Gasteiger partial charge in [0.15, 0.2) is 0 Å². The van der Waals surface area contributed by atoms with Crippen molar-refractivity contribution in [2.45, 2.75) is 25.4 Å². The van der Waals surface area contributed by atoms with Gasteiger partial charge in [-0.25, -0.2) is 0 Å². The topological polar surface area (TPSA) is 46.5 Å². The van der Waals surface area contributed by atoms with Gasteiger partial charge < -0.3 is 9.84 Å². The highest BCUT2D eigenvalue weighted by Crippen LogP contribution is 2.55. The molecule has 3 heteroatoms. The summed E-state index contributed by atoms with van der Waals surface area (Å²) in [5.74, 6) is 1.49. The van der Waals surface area contributed by atoms with E-state index in [0.29, 0.717) is 17.8 Å². The van der Waals surface area contributed by atoms with Gasteiger partial charge in [-0.3, -0.25) is 4.79 Å². The van der Waals surface area contributed by atoms with Crippen LogP contribution in [-0.2, 0) is 9.53 Å². The van der Waals surface area contributed by atoms with Crippen LogP contribution in [0.15, 0.2) is 0 Å². The van der Waals surface area contributed by atoms with Gasteiger partial charge in [-0.15, -0.1) is 0 Å². The fourth-order valence-electron chi connectivity index (χ4n) is 3.62. The van der Waals surface area contributed by atoms with E-state index in [4.69, 9.17) is 4.74 Å². The number of rotatable bonds is 1. The zero-order valence-electron chi connectivity index (χ0n) is 7.48. The monoisotopic (exact) mass is 182 g/mol. The van der Waals surface area contributed by atoms with Crippen molar-refractivity contribution in [3.8, 4) is 0 Å². The quantitative estimate of drug-likeness (QED) is 0.603. The first-order valence-corrected chi connectivity index (χ1v) is 5.12. The van der Waals surface area contributed by atoms with E-state index in [1.807, 2.05) is 0 Å². The van der Waals surface area contributed by atoms with Gasteiger partial charge in [0.05, 0.1) is 5.92 Å². The summed E-state index contributed by atoms with van der Waals surface area (Å²) in [6, 6.07) is 0. The van der Waals surface area contributed by atoms with Gasteiger partial charge in [0.25, 0.3) is 0 Å². The third kappa shape index (κ3) is 0.857. The highest BCUT2D eigenvalue weighted by molar-refractivity contribution is 5.76. The maximum Gasteiger partial charge on any atom is 0.309 e. The van der Waals surface area contributed by atoms with Crippen molar-refractivity contribution in [3.05, 3.63) is 0 Å². The minimum absolute atomic E-state index is 0.00403. The Morgan fingerprint density at radius 2 is 2.31 bits per heavy atom. The first-order chi connectivity index (χ1) is 6.31. The van der Waals surface area contributed by atoms with E-state index in [1.54, 1.807) is 0 Å². The van der Waals surface area contributed by atoms with Gasteiger partial charge in [-0.05, 0) is 31.1 Å². The van der Waals surface area contributed by atoms with Gasteiger partial charge in [-0.2, -0.15) is 0 Å². The predicted octanol–water partition coefficient (Wildman–Crippen LogP) is 0.566. The molecule has 0 spiro atoms. The average molecular weight is 182 g/mol. The van der Waals surface area contributed by atoms with Crippen molar-refractivity contribution in [2.24, 2.45) is 23.7 Å². The lowest BCUT2D eigenvalue weighted by molar-refractivity contribution is -0.144. The highest BCUT2D eigenvalue weighted by atomic mass is 16.6. The van der Waals surface area contributed by atoms with Crippen LogP contribution in [0.3, 0.4) is 0 Å². The molecule has 0 bridgehead atoms. The number of aliphatic hydroxyl groups excluding tert-OH is 1. The fraction of sp³-hybridized carbons (Fsp3) is 0.900. The van der Waals surface area contributed by atoms with E-state index in [0.717, 1.165) is 19.3 Å². The summed E-state index contributed by atoms with van der Waals surface area (Å²) >= 11 is 0. The molecule has 3 rings (SSSR count). The molecule has 1 heterocycles.